The molecule has 0 saturated heterocycles. The Bertz CT molecular complexity index is 555. The van der Waals surface area contributed by atoms with Gasteiger partial charge in [0.25, 0.3) is 0 Å². The third-order valence-electron chi connectivity index (χ3n) is 2.80. The molecule has 1 N–H and O–H groups in total. The number of carbonyl (C=O) groups excluding carboxylic acids is 2. The van der Waals surface area contributed by atoms with Crippen molar-refractivity contribution in [2.45, 2.75) is 52.2 Å². The van der Waals surface area contributed by atoms with E-state index >= 15 is 0 Å². The van der Waals surface area contributed by atoms with Gasteiger partial charge in [0.05, 0.1) is 11.1 Å². The third-order valence-corrected chi connectivity index (χ3v) is 3.19. The SMILES string of the molecule is CCC[C@@H](NC(=O)OC(C)(C)C)C(=O)c1cccc(F)c1Cl. The molecule has 0 fully saturated rings. The Morgan fingerprint density at radius 3 is 2.55 bits per heavy atom. The summed E-state index contributed by atoms with van der Waals surface area (Å²) in [5.74, 6) is -1.10. The van der Waals surface area contributed by atoms with Gasteiger partial charge in [-0.25, -0.2) is 9.18 Å². The molecule has 0 saturated carbocycles. The number of Topliss-reactive ketones (excluding diaryl/α,β-unsaturated/α-hetero) is 1. The lowest BCUT2D eigenvalue weighted by Crippen LogP contribution is -2.43. The number of carbonyl (C=O) groups is 2. The van der Waals surface area contributed by atoms with E-state index in [1.165, 1.54) is 18.2 Å². The summed E-state index contributed by atoms with van der Waals surface area (Å²) >= 11 is 5.84. The van der Waals surface area contributed by atoms with Crippen molar-refractivity contribution >= 4 is 23.5 Å². The molecular formula is C16H21ClFNO3. The summed E-state index contributed by atoms with van der Waals surface area (Å²) < 4.78 is 18.6. The van der Waals surface area contributed by atoms with E-state index in [-0.39, 0.29) is 10.6 Å². The van der Waals surface area contributed by atoms with Gasteiger partial charge in [0.15, 0.2) is 5.78 Å². The molecule has 122 valence electrons. The Morgan fingerprint density at radius 2 is 2.00 bits per heavy atom. The Hall–Kier alpha value is -1.62. The lowest BCUT2D eigenvalue weighted by Gasteiger charge is -2.23. The summed E-state index contributed by atoms with van der Waals surface area (Å²) in [5.41, 5.74) is -0.614. The molecule has 0 heterocycles. The fourth-order valence-electron chi connectivity index (χ4n) is 1.89. The van der Waals surface area contributed by atoms with Crippen LogP contribution in [0.2, 0.25) is 5.02 Å². The van der Waals surface area contributed by atoms with Crippen molar-refractivity contribution in [3.63, 3.8) is 0 Å². The highest BCUT2D eigenvalue weighted by Gasteiger charge is 2.26. The molecule has 1 atom stereocenters. The van der Waals surface area contributed by atoms with Crippen LogP contribution in [0.3, 0.4) is 0 Å². The first-order chi connectivity index (χ1) is 10.2. The molecule has 0 bridgehead atoms. The number of benzene rings is 1. The quantitative estimate of drug-likeness (QED) is 0.817. The summed E-state index contributed by atoms with van der Waals surface area (Å²) in [7, 11) is 0. The van der Waals surface area contributed by atoms with Gasteiger partial charge in [-0.3, -0.25) is 4.79 Å². The summed E-state index contributed by atoms with van der Waals surface area (Å²) in [4.78, 5) is 24.3. The molecule has 0 radical (unpaired) electrons. The first-order valence-corrected chi connectivity index (χ1v) is 7.51. The lowest BCUT2D eigenvalue weighted by molar-refractivity contribution is 0.0488. The van der Waals surface area contributed by atoms with Crippen molar-refractivity contribution in [2.24, 2.45) is 0 Å². The van der Waals surface area contributed by atoms with Gasteiger partial charge >= 0.3 is 6.09 Å². The van der Waals surface area contributed by atoms with Crippen LogP contribution >= 0.6 is 11.6 Å². The molecule has 1 aromatic rings. The van der Waals surface area contributed by atoms with E-state index in [0.29, 0.717) is 12.8 Å². The lowest BCUT2D eigenvalue weighted by atomic mass is 10.0. The molecule has 0 unspecified atom stereocenters. The van der Waals surface area contributed by atoms with Gasteiger partial charge in [-0.1, -0.05) is 31.0 Å². The summed E-state index contributed by atoms with van der Waals surface area (Å²) in [6.07, 6.45) is 0.385. The van der Waals surface area contributed by atoms with Crippen LogP contribution in [-0.4, -0.2) is 23.5 Å². The fourth-order valence-corrected chi connectivity index (χ4v) is 2.11. The maximum Gasteiger partial charge on any atom is 0.408 e. The van der Waals surface area contributed by atoms with Crippen LogP contribution in [0, 0.1) is 5.82 Å². The fraction of sp³-hybridized carbons (Fsp3) is 0.500. The van der Waals surface area contributed by atoms with E-state index in [2.05, 4.69) is 5.32 Å². The molecule has 1 aromatic carbocycles. The Kier molecular flexibility index (Phi) is 6.35. The maximum atomic E-state index is 13.5. The number of alkyl carbamates (subject to hydrolysis) is 1. The molecular weight excluding hydrogens is 309 g/mol. The van der Waals surface area contributed by atoms with E-state index < -0.39 is 29.3 Å². The van der Waals surface area contributed by atoms with Crippen molar-refractivity contribution < 1.29 is 18.7 Å². The van der Waals surface area contributed by atoms with Crippen molar-refractivity contribution in [2.75, 3.05) is 0 Å². The predicted octanol–water partition coefficient (Wildman–Crippen LogP) is 4.36. The zero-order valence-electron chi connectivity index (χ0n) is 13.2. The Balaban J connectivity index is 2.93. The van der Waals surface area contributed by atoms with Crippen molar-refractivity contribution in [3.8, 4) is 0 Å². The number of amides is 1. The normalized spacial score (nSPS) is 12.6. The first-order valence-electron chi connectivity index (χ1n) is 7.13. The van der Waals surface area contributed by atoms with Gasteiger partial charge in [0.2, 0.25) is 0 Å². The Labute approximate surface area is 135 Å². The smallest absolute Gasteiger partial charge is 0.408 e. The van der Waals surface area contributed by atoms with Gasteiger partial charge < -0.3 is 10.1 Å². The molecule has 0 aliphatic rings. The summed E-state index contributed by atoms with van der Waals surface area (Å²) in [6.45, 7) is 7.07. The third kappa shape index (κ3) is 5.30. The summed E-state index contributed by atoms with van der Waals surface area (Å²) in [6, 6.07) is 3.21. The highest BCUT2D eigenvalue weighted by Crippen LogP contribution is 2.22. The second kappa shape index (κ2) is 7.58. The van der Waals surface area contributed by atoms with Crippen molar-refractivity contribution in [3.05, 3.63) is 34.6 Å². The molecule has 22 heavy (non-hydrogen) atoms. The molecule has 0 spiro atoms. The highest BCUT2D eigenvalue weighted by atomic mass is 35.5. The minimum Gasteiger partial charge on any atom is -0.444 e. The average Bonchev–Trinajstić information content (AvgIpc) is 2.38. The average molecular weight is 330 g/mol. The van der Waals surface area contributed by atoms with Gasteiger partial charge in [-0.2, -0.15) is 0 Å². The van der Waals surface area contributed by atoms with Crippen LogP contribution in [0.5, 0.6) is 0 Å². The van der Waals surface area contributed by atoms with Crippen LogP contribution in [-0.2, 0) is 4.74 Å². The number of ether oxygens (including phenoxy) is 1. The zero-order chi connectivity index (χ0) is 16.9. The molecule has 0 aromatic heterocycles. The van der Waals surface area contributed by atoms with Crippen molar-refractivity contribution in [1.29, 1.82) is 0 Å². The monoisotopic (exact) mass is 329 g/mol. The minimum atomic E-state index is -0.806. The van der Waals surface area contributed by atoms with Gasteiger partial charge in [-0.15, -0.1) is 0 Å². The van der Waals surface area contributed by atoms with E-state index in [4.69, 9.17) is 16.3 Å². The van der Waals surface area contributed by atoms with E-state index in [1.807, 2.05) is 6.92 Å². The molecule has 1 amide bonds. The number of hydrogen-bond donors (Lipinski definition) is 1. The largest absolute Gasteiger partial charge is 0.444 e. The Morgan fingerprint density at radius 1 is 1.36 bits per heavy atom. The highest BCUT2D eigenvalue weighted by molar-refractivity contribution is 6.34. The predicted molar refractivity (Wildman–Crippen MR) is 83.8 cm³/mol. The number of rotatable bonds is 5. The minimum absolute atomic E-state index is 0.0520. The van der Waals surface area contributed by atoms with Crippen LogP contribution in [0.1, 0.15) is 50.9 Å². The number of hydrogen-bond acceptors (Lipinski definition) is 3. The molecule has 6 heteroatoms. The molecule has 4 nitrogen and oxygen atoms in total. The van der Waals surface area contributed by atoms with Crippen molar-refractivity contribution in [1.82, 2.24) is 5.32 Å². The van der Waals surface area contributed by atoms with Gasteiger partial charge in [0, 0.05) is 5.56 Å². The van der Waals surface area contributed by atoms with E-state index in [0.717, 1.165) is 0 Å². The number of nitrogens with one attached hydrogen (secondary N) is 1. The summed E-state index contributed by atoms with van der Waals surface area (Å²) in [5, 5.41) is 2.29. The zero-order valence-corrected chi connectivity index (χ0v) is 14.0. The standard InChI is InChI=1S/C16H21ClFNO3/c1-5-7-12(19-15(21)22-16(2,3)4)14(20)10-8-6-9-11(18)13(10)17/h6,8-9,12H,5,7H2,1-4H3,(H,19,21)/t12-/m1/s1. The topological polar surface area (TPSA) is 55.4 Å². The van der Waals surface area contributed by atoms with Gasteiger partial charge in [0.1, 0.15) is 11.4 Å². The van der Waals surface area contributed by atoms with E-state index in [9.17, 15) is 14.0 Å². The van der Waals surface area contributed by atoms with Gasteiger partial charge in [-0.05, 0) is 39.3 Å². The second-order valence-electron chi connectivity index (χ2n) is 5.95. The first kappa shape index (κ1) is 18.4. The molecule has 1 rings (SSSR count). The second-order valence-corrected chi connectivity index (χ2v) is 6.33. The number of halogens is 2. The maximum absolute atomic E-state index is 13.5. The number of ketones is 1. The van der Waals surface area contributed by atoms with Crippen LogP contribution in [0.4, 0.5) is 9.18 Å². The van der Waals surface area contributed by atoms with Crippen LogP contribution in [0.25, 0.3) is 0 Å². The van der Waals surface area contributed by atoms with E-state index in [1.54, 1.807) is 20.8 Å². The van der Waals surface area contributed by atoms with Crippen LogP contribution < -0.4 is 5.32 Å². The van der Waals surface area contributed by atoms with Crippen LogP contribution in [0.15, 0.2) is 18.2 Å². The molecule has 0 aliphatic heterocycles. The molecule has 0 aliphatic carbocycles.